The summed E-state index contributed by atoms with van der Waals surface area (Å²) >= 11 is 0. The van der Waals surface area contributed by atoms with Crippen molar-refractivity contribution in [3.05, 3.63) is 24.3 Å². The van der Waals surface area contributed by atoms with Crippen LogP contribution in [0.1, 0.15) is 19.3 Å². The number of carbonyl (C=O) groups is 1. The lowest BCUT2D eigenvalue weighted by Gasteiger charge is -2.27. The molecule has 0 aromatic heterocycles. The van der Waals surface area contributed by atoms with Crippen LogP contribution in [0.4, 0.5) is 5.69 Å². The summed E-state index contributed by atoms with van der Waals surface area (Å²) in [5.74, 6) is 0.707. The Morgan fingerprint density at radius 2 is 2.33 bits per heavy atom. The van der Waals surface area contributed by atoms with E-state index in [4.69, 9.17) is 9.47 Å². The highest BCUT2D eigenvalue weighted by Gasteiger charge is 2.17. The lowest BCUT2D eigenvalue weighted by Crippen LogP contribution is -2.37. The molecule has 0 radical (unpaired) electrons. The zero-order valence-electron chi connectivity index (χ0n) is 12.8. The van der Waals surface area contributed by atoms with Crippen molar-refractivity contribution in [1.82, 2.24) is 4.90 Å². The van der Waals surface area contributed by atoms with Crippen molar-refractivity contribution in [1.29, 1.82) is 0 Å². The zero-order chi connectivity index (χ0) is 15.1. The monoisotopic (exact) mass is 292 g/mol. The Balaban J connectivity index is 1.77. The number of methoxy groups -OCH3 is 1. The van der Waals surface area contributed by atoms with E-state index in [9.17, 15) is 4.79 Å². The summed E-state index contributed by atoms with van der Waals surface area (Å²) in [7, 11) is 3.56. The number of nitrogens with one attached hydrogen (secondary N) is 1. The molecule has 1 heterocycles. The van der Waals surface area contributed by atoms with Gasteiger partial charge in [0.1, 0.15) is 5.75 Å². The van der Waals surface area contributed by atoms with Crippen molar-refractivity contribution in [2.24, 2.45) is 0 Å². The number of ether oxygens (including phenoxy) is 2. The molecule has 1 fully saturated rings. The molecule has 0 bridgehead atoms. The minimum Gasteiger partial charge on any atom is -0.497 e. The second-order valence-electron chi connectivity index (χ2n) is 5.47. The van der Waals surface area contributed by atoms with E-state index in [0.717, 1.165) is 37.4 Å². The Hall–Kier alpha value is -1.59. The maximum atomic E-state index is 12.0. The third-order valence-corrected chi connectivity index (χ3v) is 3.56. The molecule has 1 N–H and O–H groups in total. The number of anilines is 1. The minimum atomic E-state index is -0.0263. The fraction of sp³-hybridized carbons (Fsp3) is 0.562. The Labute approximate surface area is 126 Å². The van der Waals surface area contributed by atoms with Gasteiger partial charge in [-0.15, -0.1) is 0 Å². The van der Waals surface area contributed by atoms with Crippen LogP contribution in [0, 0.1) is 0 Å². The summed E-state index contributed by atoms with van der Waals surface area (Å²) in [4.78, 5) is 14.0. The molecule has 1 saturated heterocycles. The van der Waals surface area contributed by atoms with Crippen LogP contribution in [0.2, 0.25) is 0 Å². The number of rotatable bonds is 6. The van der Waals surface area contributed by atoms with Crippen LogP contribution in [0.25, 0.3) is 0 Å². The molecule has 1 atom stereocenters. The molecule has 1 aliphatic rings. The summed E-state index contributed by atoms with van der Waals surface area (Å²) in [5.41, 5.74) is 0.752. The first-order chi connectivity index (χ1) is 10.2. The SMILES string of the molecule is COc1cccc(NC(=O)CN(C)C[C@@H]2CCCCO2)c1. The van der Waals surface area contributed by atoms with Gasteiger partial charge >= 0.3 is 0 Å². The van der Waals surface area contributed by atoms with Gasteiger partial charge in [0.25, 0.3) is 0 Å². The molecule has 2 rings (SSSR count). The van der Waals surface area contributed by atoms with Crippen molar-refractivity contribution >= 4 is 11.6 Å². The van der Waals surface area contributed by atoms with Gasteiger partial charge in [0.2, 0.25) is 5.91 Å². The van der Waals surface area contributed by atoms with Crippen LogP contribution in [0.15, 0.2) is 24.3 Å². The highest BCUT2D eigenvalue weighted by Crippen LogP contribution is 2.17. The van der Waals surface area contributed by atoms with E-state index in [2.05, 4.69) is 5.32 Å². The number of carbonyl (C=O) groups excluding carboxylic acids is 1. The van der Waals surface area contributed by atoms with E-state index in [0.29, 0.717) is 6.54 Å². The van der Waals surface area contributed by atoms with Crippen molar-refractivity contribution < 1.29 is 14.3 Å². The zero-order valence-corrected chi connectivity index (χ0v) is 12.8. The topological polar surface area (TPSA) is 50.8 Å². The Morgan fingerprint density at radius 3 is 3.05 bits per heavy atom. The number of hydrogen-bond acceptors (Lipinski definition) is 4. The van der Waals surface area contributed by atoms with Gasteiger partial charge in [-0.05, 0) is 38.4 Å². The molecule has 1 aromatic carbocycles. The van der Waals surface area contributed by atoms with E-state index >= 15 is 0 Å². The Kier molecular flexibility index (Phi) is 6.02. The van der Waals surface area contributed by atoms with Gasteiger partial charge in [-0.3, -0.25) is 9.69 Å². The quantitative estimate of drug-likeness (QED) is 0.872. The maximum absolute atomic E-state index is 12.0. The van der Waals surface area contributed by atoms with E-state index in [1.54, 1.807) is 7.11 Å². The highest BCUT2D eigenvalue weighted by atomic mass is 16.5. The van der Waals surface area contributed by atoms with Gasteiger partial charge in [-0.2, -0.15) is 0 Å². The molecule has 1 amide bonds. The first-order valence-electron chi connectivity index (χ1n) is 7.41. The molecule has 1 aromatic rings. The van der Waals surface area contributed by atoms with Crippen LogP contribution in [0.5, 0.6) is 5.75 Å². The van der Waals surface area contributed by atoms with Crippen LogP contribution in [0.3, 0.4) is 0 Å². The van der Waals surface area contributed by atoms with Crippen molar-refractivity contribution in [3.63, 3.8) is 0 Å². The summed E-state index contributed by atoms with van der Waals surface area (Å²) in [6.45, 7) is 2.00. The van der Waals surface area contributed by atoms with Crippen LogP contribution in [-0.2, 0) is 9.53 Å². The van der Waals surface area contributed by atoms with E-state index in [-0.39, 0.29) is 12.0 Å². The lowest BCUT2D eigenvalue weighted by atomic mass is 10.1. The molecule has 5 nitrogen and oxygen atoms in total. The molecule has 116 valence electrons. The standard InChI is InChI=1S/C16H24N2O3/c1-18(11-15-7-3-4-9-21-15)12-16(19)17-13-6-5-8-14(10-13)20-2/h5-6,8,10,15H,3-4,7,9,11-12H2,1-2H3,(H,17,19)/t15-/m0/s1. The molecule has 0 saturated carbocycles. The molecule has 0 aliphatic carbocycles. The normalized spacial score (nSPS) is 18.5. The van der Waals surface area contributed by atoms with Gasteiger partial charge in [-0.1, -0.05) is 6.07 Å². The van der Waals surface area contributed by atoms with E-state index in [1.807, 2.05) is 36.2 Å². The number of hydrogen-bond donors (Lipinski definition) is 1. The molecule has 0 unspecified atom stereocenters. The molecule has 21 heavy (non-hydrogen) atoms. The third kappa shape index (κ3) is 5.36. The first-order valence-corrected chi connectivity index (χ1v) is 7.41. The lowest BCUT2D eigenvalue weighted by molar-refractivity contribution is -0.117. The van der Waals surface area contributed by atoms with Crippen LogP contribution >= 0.6 is 0 Å². The fourth-order valence-corrected chi connectivity index (χ4v) is 2.51. The molecule has 0 spiro atoms. The number of benzene rings is 1. The van der Waals surface area contributed by atoms with Crippen molar-refractivity contribution in [3.8, 4) is 5.75 Å². The average Bonchev–Trinajstić information content (AvgIpc) is 2.48. The summed E-state index contributed by atoms with van der Waals surface area (Å²) in [6, 6.07) is 7.36. The van der Waals surface area contributed by atoms with E-state index < -0.39 is 0 Å². The average molecular weight is 292 g/mol. The third-order valence-electron chi connectivity index (χ3n) is 3.56. The second kappa shape index (κ2) is 8.00. The molecular weight excluding hydrogens is 268 g/mol. The van der Waals surface area contributed by atoms with Gasteiger partial charge < -0.3 is 14.8 Å². The number of amides is 1. The Morgan fingerprint density at radius 1 is 1.48 bits per heavy atom. The van der Waals surface area contributed by atoms with Gasteiger partial charge in [0, 0.05) is 24.9 Å². The van der Waals surface area contributed by atoms with Crippen LogP contribution in [-0.4, -0.2) is 50.8 Å². The van der Waals surface area contributed by atoms with Crippen molar-refractivity contribution in [2.75, 3.05) is 39.2 Å². The predicted octanol–water partition coefficient (Wildman–Crippen LogP) is 2.13. The highest BCUT2D eigenvalue weighted by molar-refractivity contribution is 5.92. The first kappa shape index (κ1) is 15.8. The molecule has 1 aliphatic heterocycles. The van der Waals surface area contributed by atoms with E-state index in [1.165, 1.54) is 6.42 Å². The van der Waals surface area contributed by atoms with Crippen molar-refractivity contribution in [2.45, 2.75) is 25.4 Å². The molecular formula is C16H24N2O3. The van der Waals surface area contributed by atoms with Gasteiger partial charge in [-0.25, -0.2) is 0 Å². The second-order valence-corrected chi connectivity index (χ2v) is 5.47. The fourth-order valence-electron chi connectivity index (χ4n) is 2.51. The predicted molar refractivity (Wildman–Crippen MR) is 82.7 cm³/mol. The van der Waals surface area contributed by atoms with Crippen LogP contribution < -0.4 is 10.1 Å². The summed E-state index contributed by atoms with van der Waals surface area (Å²) in [6.07, 6.45) is 3.71. The van der Waals surface area contributed by atoms with Gasteiger partial charge in [0.05, 0.1) is 19.8 Å². The van der Waals surface area contributed by atoms with Gasteiger partial charge in [0.15, 0.2) is 0 Å². The number of likely N-dealkylation sites (N-methyl/N-ethyl adjacent to an activating group) is 1. The summed E-state index contributed by atoms with van der Waals surface area (Å²) < 4.78 is 10.8. The Bertz CT molecular complexity index is 459. The minimum absolute atomic E-state index is 0.0263. The smallest absolute Gasteiger partial charge is 0.238 e. The molecule has 5 heteroatoms. The largest absolute Gasteiger partial charge is 0.497 e. The number of nitrogens with zero attached hydrogens (tertiary/aromatic N) is 1. The summed E-state index contributed by atoms with van der Waals surface area (Å²) in [5, 5.41) is 2.88. The maximum Gasteiger partial charge on any atom is 0.238 e.